The van der Waals surface area contributed by atoms with Crippen LogP contribution in [0.15, 0.2) is 58.5 Å². The van der Waals surface area contributed by atoms with Crippen molar-refractivity contribution in [3.8, 4) is 0 Å². The summed E-state index contributed by atoms with van der Waals surface area (Å²) in [5.41, 5.74) is 0. The van der Waals surface area contributed by atoms with Crippen LogP contribution in [0.2, 0.25) is 0 Å². The topological polar surface area (TPSA) is 50.3 Å². The van der Waals surface area contributed by atoms with Gasteiger partial charge in [0.1, 0.15) is 10.7 Å². The van der Waals surface area contributed by atoms with E-state index in [1.165, 1.54) is 11.2 Å². The second-order valence-corrected chi connectivity index (χ2v) is 8.90. The fourth-order valence-corrected chi connectivity index (χ4v) is 4.69. The van der Waals surface area contributed by atoms with Crippen LogP contribution in [0, 0.1) is 5.92 Å². The Balaban J connectivity index is 1.66. The van der Waals surface area contributed by atoms with Crippen molar-refractivity contribution < 1.29 is 8.42 Å². The number of anilines is 1. The van der Waals surface area contributed by atoms with Crippen LogP contribution < -0.4 is 4.90 Å². The van der Waals surface area contributed by atoms with Crippen molar-refractivity contribution in [3.05, 3.63) is 48.7 Å². The molecule has 23 heavy (non-hydrogen) atoms. The highest BCUT2D eigenvalue weighted by atomic mass is 32.2. The zero-order valence-electron chi connectivity index (χ0n) is 13.1. The second-order valence-electron chi connectivity index (χ2n) is 5.82. The third-order valence-corrected chi connectivity index (χ3v) is 6.33. The predicted molar refractivity (Wildman–Crippen MR) is 94.8 cm³/mol. The molecule has 0 bridgehead atoms. The van der Waals surface area contributed by atoms with Crippen LogP contribution in [0.1, 0.15) is 6.42 Å². The van der Waals surface area contributed by atoms with Crippen LogP contribution in [0.5, 0.6) is 0 Å². The van der Waals surface area contributed by atoms with Crippen molar-refractivity contribution in [2.75, 3.05) is 30.0 Å². The molecule has 1 saturated heterocycles. The maximum Gasteiger partial charge on any atom is 0.179 e. The summed E-state index contributed by atoms with van der Waals surface area (Å²) in [5.74, 6) is 2.19. The first kappa shape index (κ1) is 16.3. The van der Waals surface area contributed by atoms with Gasteiger partial charge in [0, 0.05) is 36.2 Å². The zero-order chi connectivity index (χ0) is 16.3. The molecule has 122 valence electrons. The Hall–Kier alpha value is -1.53. The molecule has 1 aliphatic rings. The van der Waals surface area contributed by atoms with Crippen molar-refractivity contribution in [3.63, 3.8) is 0 Å². The summed E-state index contributed by atoms with van der Waals surface area (Å²) in [4.78, 5) is 8.03. The van der Waals surface area contributed by atoms with Crippen LogP contribution in [-0.2, 0) is 9.84 Å². The van der Waals surface area contributed by atoms with Crippen LogP contribution in [0.3, 0.4) is 0 Å². The quantitative estimate of drug-likeness (QED) is 0.777. The van der Waals surface area contributed by atoms with Crippen molar-refractivity contribution in [2.24, 2.45) is 5.92 Å². The molecule has 1 unspecified atom stereocenters. The first-order chi connectivity index (χ1) is 11.0. The summed E-state index contributed by atoms with van der Waals surface area (Å²) in [6.07, 6.45) is 3.97. The summed E-state index contributed by atoms with van der Waals surface area (Å²) in [6, 6.07) is 13.7. The molecule has 0 radical (unpaired) electrons. The summed E-state index contributed by atoms with van der Waals surface area (Å²) < 4.78 is 23.9. The number of sulfone groups is 1. The first-order valence-corrected chi connectivity index (χ1v) is 10.5. The number of rotatable bonds is 5. The molecule has 0 amide bonds. The molecule has 0 saturated carbocycles. The molecule has 1 atom stereocenters. The van der Waals surface area contributed by atoms with Crippen LogP contribution in [0.25, 0.3) is 0 Å². The van der Waals surface area contributed by atoms with Crippen molar-refractivity contribution in [1.29, 1.82) is 0 Å². The molecule has 1 fully saturated rings. The van der Waals surface area contributed by atoms with Gasteiger partial charge in [-0.3, -0.25) is 0 Å². The van der Waals surface area contributed by atoms with E-state index in [1.54, 1.807) is 18.3 Å². The van der Waals surface area contributed by atoms with Gasteiger partial charge in [0.15, 0.2) is 9.84 Å². The maximum absolute atomic E-state index is 11.9. The van der Waals surface area contributed by atoms with E-state index in [9.17, 15) is 8.42 Å². The smallest absolute Gasteiger partial charge is 0.179 e. The highest BCUT2D eigenvalue weighted by Crippen LogP contribution is 2.30. The van der Waals surface area contributed by atoms with Gasteiger partial charge >= 0.3 is 0 Å². The number of hydrogen-bond acceptors (Lipinski definition) is 5. The van der Waals surface area contributed by atoms with E-state index in [0.717, 1.165) is 25.3 Å². The molecule has 4 nitrogen and oxygen atoms in total. The van der Waals surface area contributed by atoms with E-state index in [1.807, 2.05) is 17.8 Å². The Morgan fingerprint density at radius 1 is 1.22 bits per heavy atom. The number of hydrogen-bond donors (Lipinski definition) is 0. The van der Waals surface area contributed by atoms with Crippen LogP contribution in [0.4, 0.5) is 5.82 Å². The molecule has 1 aliphatic heterocycles. The highest BCUT2D eigenvalue weighted by Gasteiger charge is 2.27. The molecule has 2 heterocycles. The third kappa shape index (κ3) is 4.06. The van der Waals surface area contributed by atoms with E-state index in [-0.39, 0.29) is 0 Å². The van der Waals surface area contributed by atoms with Gasteiger partial charge in [-0.15, -0.1) is 11.8 Å². The molecule has 1 aromatic carbocycles. The molecule has 0 spiro atoms. The van der Waals surface area contributed by atoms with Crippen molar-refractivity contribution >= 4 is 27.4 Å². The van der Waals surface area contributed by atoms with E-state index < -0.39 is 9.84 Å². The van der Waals surface area contributed by atoms with E-state index in [2.05, 4.69) is 34.1 Å². The molecule has 0 aliphatic carbocycles. The van der Waals surface area contributed by atoms with Crippen molar-refractivity contribution in [1.82, 2.24) is 4.98 Å². The Morgan fingerprint density at radius 3 is 2.74 bits per heavy atom. The van der Waals surface area contributed by atoms with E-state index in [4.69, 9.17) is 0 Å². The first-order valence-electron chi connectivity index (χ1n) is 7.62. The predicted octanol–water partition coefficient (Wildman–Crippen LogP) is 3.10. The van der Waals surface area contributed by atoms with E-state index in [0.29, 0.717) is 16.6 Å². The fourth-order valence-electron chi connectivity index (χ4n) is 2.80. The third-order valence-electron chi connectivity index (χ3n) is 3.96. The lowest BCUT2D eigenvalue weighted by Crippen LogP contribution is -2.23. The Bertz CT molecular complexity index is 763. The van der Waals surface area contributed by atoms with Gasteiger partial charge in [-0.1, -0.05) is 18.2 Å². The standard InChI is InChI=1S/C17H20N2O2S2/c1-23(20,21)16-8-5-10-18-17(16)19-11-9-14(12-19)13-22-15-6-3-2-4-7-15/h2-8,10,14H,9,11-13H2,1H3. The Labute approximate surface area is 141 Å². The lowest BCUT2D eigenvalue weighted by Gasteiger charge is -2.19. The van der Waals surface area contributed by atoms with E-state index >= 15 is 0 Å². The largest absolute Gasteiger partial charge is 0.355 e. The van der Waals surface area contributed by atoms with Crippen LogP contribution >= 0.6 is 11.8 Å². The maximum atomic E-state index is 11.9. The number of pyridine rings is 1. The van der Waals surface area contributed by atoms with Gasteiger partial charge in [-0.25, -0.2) is 13.4 Å². The highest BCUT2D eigenvalue weighted by molar-refractivity contribution is 7.99. The molecular formula is C17H20N2O2S2. The summed E-state index contributed by atoms with van der Waals surface area (Å²) >= 11 is 1.86. The van der Waals surface area contributed by atoms with Gasteiger partial charge in [-0.2, -0.15) is 0 Å². The molecule has 3 rings (SSSR count). The number of aromatic nitrogens is 1. The molecule has 1 aromatic heterocycles. The summed E-state index contributed by atoms with van der Waals surface area (Å²) in [7, 11) is -3.25. The minimum absolute atomic E-state index is 0.330. The van der Waals surface area contributed by atoms with Gasteiger partial charge in [0.2, 0.25) is 0 Å². The minimum Gasteiger partial charge on any atom is -0.355 e. The fraction of sp³-hybridized carbons (Fsp3) is 0.353. The monoisotopic (exact) mass is 348 g/mol. The second kappa shape index (κ2) is 6.93. The van der Waals surface area contributed by atoms with Gasteiger partial charge in [-0.05, 0) is 36.6 Å². The molecule has 6 heteroatoms. The Morgan fingerprint density at radius 2 is 2.00 bits per heavy atom. The van der Waals surface area contributed by atoms with Crippen LogP contribution in [-0.4, -0.2) is 38.5 Å². The van der Waals surface area contributed by atoms with Gasteiger partial charge in [0.25, 0.3) is 0 Å². The normalized spacial score (nSPS) is 18.3. The number of benzene rings is 1. The summed E-state index contributed by atoms with van der Waals surface area (Å²) in [6.45, 7) is 1.72. The minimum atomic E-state index is -3.25. The zero-order valence-corrected chi connectivity index (χ0v) is 14.7. The summed E-state index contributed by atoms with van der Waals surface area (Å²) in [5, 5.41) is 0. The number of thioether (sulfide) groups is 1. The number of nitrogens with zero attached hydrogens (tertiary/aromatic N) is 2. The molecule has 2 aromatic rings. The molecular weight excluding hydrogens is 328 g/mol. The lowest BCUT2D eigenvalue weighted by molar-refractivity contribution is 0.601. The van der Waals surface area contributed by atoms with Gasteiger partial charge in [0.05, 0.1) is 0 Å². The molecule has 0 N–H and O–H groups in total. The van der Waals surface area contributed by atoms with Crippen molar-refractivity contribution in [2.45, 2.75) is 16.2 Å². The lowest BCUT2D eigenvalue weighted by atomic mass is 10.2. The average Bonchev–Trinajstić information content (AvgIpc) is 3.02. The Kier molecular flexibility index (Phi) is 4.92. The SMILES string of the molecule is CS(=O)(=O)c1cccnc1N1CCC(CSc2ccccc2)C1. The average molecular weight is 348 g/mol. The van der Waals surface area contributed by atoms with Gasteiger partial charge < -0.3 is 4.90 Å².